The molecule has 3 rings (SSSR count). The summed E-state index contributed by atoms with van der Waals surface area (Å²) in [7, 11) is 0. The molecule has 154 valence electrons. The van der Waals surface area contributed by atoms with Crippen LogP contribution in [0, 0.1) is 16.0 Å². The third-order valence-electron chi connectivity index (χ3n) is 4.69. The first-order valence-corrected chi connectivity index (χ1v) is 10.3. The van der Waals surface area contributed by atoms with E-state index in [9.17, 15) is 19.7 Å². The van der Waals surface area contributed by atoms with Crippen molar-refractivity contribution in [2.24, 2.45) is 10.9 Å². The average Bonchev–Trinajstić information content (AvgIpc) is 3.00. The van der Waals surface area contributed by atoms with Crippen molar-refractivity contribution in [3.05, 3.63) is 51.2 Å². The minimum atomic E-state index is -0.807. The number of hydrogen-bond acceptors (Lipinski definition) is 7. The van der Waals surface area contributed by atoms with E-state index in [1.54, 1.807) is 19.1 Å². The molecule has 0 unspecified atom stereocenters. The second-order valence-corrected chi connectivity index (χ2v) is 8.53. The lowest BCUT2D eigenvalue weighted by atomic mass is 9.94. The molecule has 29 heavy (non-hydrogen) atoms. The summed E-state index contributed by atoms with van der Waals surface area (Å²) in [6.45, 7) is 7.69. The largest absolute Gasteiger partial charge is 0.462 e. The minimum absolute atomic E-state index is 0.106. The normalized spacial score (nSPS) is 21.3. The van der Waals surface area contributed by atoms with E-state index in [0.717, 1.165) is 0 Å². The molecule has 0 aliphatic carbocycles. The number of ether oxygens (including phenoxy) is 1. The van der Waals surface area contributed by atoms with Gasteiger partial charge >= 0.3 is 5.97 Å². The van der Waals surface area contributed by atoms with E-state index in [2.05, 4.69) is 4.99 Å². The van der Waals surface area contributed by atoms with Gasteiger partial charge in [0.1, 0.15) is 0 Å². The molecule has 0 bridgehead atoms. The highest BCUT2D eigenvalue weighted by Crippen LogP contribution is 2.44. The molecule has 1 saturated heterocycles. The molecule has 1 amide bonds. The Bertz CT molecular complexity index is 924. The molecule has 0 radical (unpaired) electrons. The van der Waals surface area contributed by atoms with Gasteiger partial charge < -0.3 is 4.74 Å². The number of hydrogen-bond donors (Lipinski definition) is 0. The van der Waals surface area contributed by atoms with Crippen LogP contribution in [0.3, 0.4) is 0 Å². The summed E-state index contributed by atoms with van der Waals surface area (Å²) in [5.74, 6) is -0.574. The summed E-state index contributed by atoms with van der Waals surface area (Å²) in [5.41, 5.74) is 1.07. The summed E-state index contributed by atoms with van der Waals surface area (Å²) >= 11 is 1.35. The van der Waals surface area contributed by atoms with Gasteiger partial charge in [0.2, 0.25) is 5.91 Å². The number of carbonyl (C=O) groups is 2. The number of non-ortho nitro benzene ring substituents is 1. The molecule has 8 nitrogen and oxygen atoms in total. The second-order valence-electron chi connectivity index (χ2n) is 7.36. The van der Waals surface area contributed by atoms with Gasteiger partial charge in [0.25, 0.3) is 5.69 Å². The number of thioether (sulfide) groups is 1. The van der Waals surface area contributed by atoms with Crippen molar-refractivity contribution < 1.29 is 19.2 Å². The van der Waals surface area contributed by atoms with Crippen LogP contribution in [0.15, 0.2) is 40.5 Å². The van der Waals surface area contributed by atoms with Gasteiger partial charge in [-0.05, 0) is 24.8 Å². The summed E-state index contributed by atoms with van der Waals surface area (Å²) in [4.78, 5) is 42.7. The Labute approximate surface area is 173 Å². The fraction of sp³-hybridized carbons (Fsp3) is 0.450. The molecule has 0 aromatic heterocycles. The van der Waals surface area contributed by atoms with Crippen LogP contribution < -0.4 is 0 Å². The number of fused-ring (bicyclic) bond motifs is 1. The lowest BCUT2D eigenvalue weighted by molar-refractivity contribution is -0.384. The fourth-order valence-corrected chi connectivity index (χ4v) is 4.43. The number of amides is 1. The molecule has 0 N–H and O–H groups in total. The fourth-order valence-electron chi connectivity index (χ4n) is 3.29. The Balaban J connectivity index is 2.11. The molecule has 2 atom stereocenters. The Hall–Kier alpha value is -2.68. The quantitative estimate of drug-likeness (QED) is 0.396. The van der Waals surface area contributed by atoms with Gasteiger partial charge in [-0.3, -0.25) is 19.8 Å². The van der Waals surface area contributed by atoms with Crippen LogP contribution in [0.1, 0.15) is 45.7 Å². The third-order valence-corrected chi connectivity index (χ3v) is 6.00. The topological polar surface area (TPSA) is 102 Å². The Morgan fingerprint density at radius 3 is 2.76 bits per heavy atom. The molecule has 2 aliphatic heterocycles. The van der Waals surface area contributed by atoms with Crippen molar-refractivity contribution in [1.29, 1.82) is 0 Å². The number of esters is 1. The summed E-state index contributed by atoms with van der Waals surface area (Å²) in [5, 5.41) is 11.5. The van der Waals surface area contributed by atoms with Crippen molar-refractivity contribution >= 4 is 34.5 Å². The number of allylic oxidation sites excluding steroid dienone is 1. The van der Waals surface area contributed by atoms with Gasteiger partial charge in [-0.25, -0.2) is 9.79 Å². The van der Waals surface area contributed by atoms with E-state index in [1.807, 2.05) is 20.8 Å². The lowest BCUT2D eigenvalue weighted by Crippen LogP contribution is -2.41. The van der Waals surface area contributed by atoms with E-state index >= 15 is 0 Å². The third kappa shape index (κ3) is 4.05. The Morgan fingerprint density at radius 2 is 2.14 bits per heavy atom. The number of amidine groups is 1. The van der Waals surface area contributed by atoms with Crippen LogP contribution in [0.2, 0.25) is 0 Å². The first-order chi connectivity index (χ1) is 13.7. The first kappa shape index (κ1) is 21.0. The van der Waals surface area contributed by atoms with Gasteiger partial charge in [0.15, 0.2) is 5.17 Å². The van der Waals surface area contributed by atoms with E-state index in [0.29, 0.717) is 22.8 Å². The summed E-state index contributed by atoms with van der Waals surface area (Å²) in [6, 6.07) is 5.20. The van der Waals surface area contributed by atoms with Crippen molar-refractivity contribution in [2.45, 2.75) is 45.4 Å². The number of nitrogens with zero attached hydrogens (tertiary/aromatic N) is 3. The maximum Gasteiger partial charge on any atom is 0.338 e. The zero-order valence-corrected chi connectivity index (χ0v) is 17.6. The molecule has 1 fully saturated rings. The standard InChI is InChI=1S/C20H23N3O5S/c1-5-15-18(24)22-17(13-7-6-8-14(9-13)23(26)27)16(12(4)21-20(22)29-15)19(25)28-10-11(2)3/h6-9,11,15,17H,5,10H2,1-4H3/t15-,17-/m1/s1. The van der Waals surface area contributed by atoms with Crippen LogP contribution in [0.5, 0.6) is 0 Å². The highest BCUT2D eigenvalue weighted by molar-refractivity contribution is 8.15. The van der Waals surface area contributed by atoms with Crippen LogP contribution in [0.25, 0.3) is 0 Å². The maximum absolute atomic E-state index is 13.0. The molecule has 2 aliphatic rings. The molecule has 1 aromatic carbocycles. The van der Waals surface area contributed by atoms with Gasteiger partial charge in [-0.2, -0.15) is 0 Å². The average molecular weight is 417 g/mol. The number of aliphatic imine (C=N–C) groups is 1. The van der Waals surface area contributed by atoms with E-state index in [-0.39, 0.29) is 34.9 Å². The summed E-state index contributed by atoms with van der Waals surface area (Å²) < 4.78 is 5.43. The van der Waals surface area contributed by atoms with E-state index in [1.165, 1.54) is 28.8 Å². The van der Waals surface area contributed by atoms with Crippen molar-refractivity contribution in [3.8, 4) is 0 Å². The molecule has 2 heterocycles. The zero-order chi connectivity index (χ0) is 21.3. The lowest BCUT2D eigenvalue weighted by Gasteiger charge is -2.33. The smallest absolute Gasteiger partial charge is 0.338 e. The van der Waals surface area contributed by atoms with E-state index in [4.69, 9.17) is 4.74 Å². The molecular formula is C20H23N3O5S. The minimum Gasteiger partial charge on any atom is -0.462 e. The predicted octanol–water partition coefficient (Wildman–Crippen LogP) is 3.83. The highest BCUT2D eigenvalue weighted by Gasteiger charge is 2.47. The Morgan fingerprint density at radius 1 is 1.41 bits per heavy atom. The van der Waals surface area contributed by atoms with Gasteiger partial charge in [0, 0.05) is 12.1 Å². The van der Waals surface area contributed by atoms with E-state index < -0.39 is 16.9 Å². The van der Waals surface area contributed by atoms with Crippen LogP contribution >= 0.6 is 11.8 Å². The number of nitro benzene ring substituents is 1. The molecule has 0 spiro atoms. The molecule has 9 heteroatoms. The monoisotopic (exact) mass is 417 g/mol. The van der Waals surface area contributed by atoms with Crippen molar-refractivity contribution in [1.82, 2.24) is 4.90 Å². The SMILES string of the molecule is CC[C@H]1SC2=NC(C)=C(C(=O)OCC(C)C)[C@@H](c3cccc([N+](=O)[O-])c3)N2C1=O. The number of benzene rings is 1. The first-order valence-electron chi connectivity index (χ1n) is 9.45. The zero-order valence-electron chi connectivity index (χ0n) is 16.7. The van der Waals surface area contributed by atoms with Crippen LogP contribution in [-0.4, -0.2) is 38.7 Å². The maximum atomic E-state index is 13.0. The number of carbonyl (C=O) groups excluding carboxylic acids is 2. The number of nitro groups is 1. The van der Waals surface area contributed by atoms with Crippen molar-refractivity contribution in [3.63, 3.8) is 0 Å². The summed E-state index contributed by atoms with van der Waals surface area (Å²) in [6.07, 6.45) is 0.618. The predicted molar refractivity (Wildman–Crippen MR) is 110 cm³/mol. The van der Waals surface area contributed by atoms with Crippen molar-refractivity contribution in [2.75, 3.05) is 6.61 Å². The van der Waals surface area contributed by atoms with Crippen LogP contribution in [-0.2, 0) is 14.3 Å². The number of rotatable bonds is 6. The van der Waals surface area contributed by atoms with Gasteiger partial charge in [-0.1, -0.05) is 44.7 Å². The molecular weight excluding hydrogens is 394 g/mol. The van der Waals surface area contributed by atoms with Gasteiger partial charge in [-0.15, -0.1) is 0 Å². The highest BCUT2D eigenvalue weighted by atomic mass is 32.2. The van der Waals surface area contributed by atoms with Gasteiger partial charge in [0.05, 0.1) is 34.1 Å². The molecule has 0 saturated carbocycles. The molecule has 1 aromatic rings. The van der Waals surface area contributed by atoms with Crippen LogP contribution in [0.4, 0.5) is 5.69 Å². The Kier molecular flexibility index (Phi) is 6.07. The second kappa shape index (κ2) is 8.36.